The van der Waals surface area contributed by atoms with Crippen LogP contribution in [0.5, 0.6) is 0 Å². The Balaban J connectivity index is 0.000000424. The second-order valence-electron chi connectivity index (χ2n) is 2.36. The molecule has 0 atom stereocenters. The summed E-state index contributed by atoms with van der Waals surface area (Å²) in [5.41, 5.74) is -0.602. The summed E-state index contributed by atoms with van der Waals surface area (Å²) in [5.74, 6) is 0. The normalized spacial score (nSPS) is 10.2. The number of halogens is 3. The van der Waals surface area contributed by atoms with Gasteiger partial charge < -0.3 is 5.32 Å². The first kappa shape index (κ1) is 12.0. The first-order valence-corrected chi connectivity index (χ1v) is 3.73. The van der Waals surface area contributed by atoms with Gasteiger partial charge in [-0.1, -0.05) is 30.3 Å². The van der Waals surface area contributed by atoms with Crippen molar-refractivity contribution in [3.8, 4) is 0 Å². The molecule has 1 aromatic carbocycles. The zero-order valence-electron chi connectivity index (χ0n) is 7.52. The van der Waals surface area contributed by atoms with Gasteiger partial charge in [-0.15, -0.1) is 0 Å². The Morgan fingerprint density at radius 3 is 1.62 bits per heavy atom. The van der Waals surface area contributed by atoms with Crippen LogP contribution in [0.15, 0.2) is 30.3 Å². The van der Waals surface area contributed by atoms with Crippen LogP contribution in [0.1, 0.15) is 5.56 Å². The van der Waals surface area contributed by atoms with Crippen LogP contribution in [-0.4, -0.2) is 14.1 Å². The molecule has 0 saturated carbocycles. The molecule has 4 heteroatoms. The molecule has 0 aliphatic rings. The van der Waals surface area contributed by atoms with Crippen molar-refractivity contribution in [1.29, 1.82) is 0 Å². The molecule has 0 fully saturated rings. The minimum Gasteiger partial charge on any atom is -0.323 e. The third-order valence-corrected chi connectivity index (χ3v) is 1.10. The lowest BCUT2D eigenvalue weighted by Crippen LogP contribution is -2.03. The van der Waals surface area contributed by atoms with E-state index >= 15 is 0 Å². The van der Waals surface area contributed by atoms with Crippen molar-refractivity contribution in [3.63, 3.8) is 0 Å². The van der Waals surface area contributed by atoms with Crippen LogP contribution in [0, 0.1) is 0 Å². The lowest BCUT2D eigenvalue weighted by Gasteiger charge is -2.03. The van der Waals surface area contributed by atoms with Crippen molar-refractivity contribution in [1.82, 2.24) is 5.32 Å². The van der Waals surface area contributed by atoms with E-state index in [2.05, 4.69) is 5.32 Å². The van der Waals surface area contributed by atoms with E-state index in [1.54, 1.807) is 6.07 Å². The molecule has 0 aliphatic heterocycles. The maximum Gasteiger partial charge on any atom is 0.416 e. The van der Waals surface area contributed by atoms with Crippen LogP contribution in [0.25, 0.3) is 0 Å². The molecule has 0 saturated heterocycles. The predicted octanol–water partition coefficient (Wildman–Crippen LogP) is 2.54. The van der Waals surface area contributed by atoms with Gasteiger partial charge >= 0.3 is 6.18 Å². The summed E-state index contributed by atoms with van der Waals surface area (Å²) >= 11 is 0. The third kappa shape index (κ3) is 5.25. The maximum atomic E-state index is 11.8. The first-order chi connectivity index (χ1) is 6.02. The second kappa shape index (κ2) is 5.59. The second-order valence-corrected chi connectivity index (χ2v) is 2.36. The molecule has 0 spiro atoms. The van der Waals surface area contributed by atoms with E-state index in [1.165, 1.54) is 12.1 Å². The highest BCUT2D eigenvalue weighted by Gasteiger charge is 2.29. The van der Waals surface area contributed by atoms with E-state index in [1.807, 2.05) is 14.1 Å². The SMILES string of the molecule is CNC.FC(F)(F)c1ccccc1. The number of alkyl halides is 3. The average Bonchev–Trinajstić information content (AvgIpc) is 2.06. The van der Waals surface area contributed by atoms with Crippen LogP contribution in [0.3, 0.4) is 0 Å². The number of hydrogen-bond donors (Lipinski definition) is 1. The summed E-state index contributed by atoms with van der Waals surface area (Å²) in [6.45, 7) is 0. The summed E-state index contributed by atoms with van der Waals surface area (Å²) in [4.78, 5) is 0. The lowest BCUT2D eigenvalue weighted by atomic mass is 10.2. The highest BCUT2D eigenvalue weighted by atomic mass is 19.4. The summed E-state index contributed by atoms with van der Waals surface area (Å²) in [6.07, 6.45) is -4.21. The van der Waals surface area contributed by atoms with Crippen molar-refractivity contribution in [2.45, 2.75) is 6.18 Å². The van der Waals surface area contributed by atoms with Crippen molar-refractivity contribution in [2.24, 2.45) is 0 Å². The van der Waals surface area contributed by atoms with Gasteiger partial charge in [0.1, 0.15) is 0 Å². The quantitative estimate of drug-likeness (QED) is 0.664. The number of nitrogens with one attached hydrogen (secondary N) is 1. The molecule has 0 bridgehead atoms. The molecule has 1 aromatic rings. The van der Waals surface area contributed by atoms with Gasteiger partial charge in [-0.3, -0.25) is 0 Å². The molecular formula is C9H12F3N. The summed E-state index contributed by atoms with van der Waals surface area (Å²) in [5, 5.41) is 2.75. The van der Waals surface area contributed by atoms with Crippen LogP contribution < -0.4 is 5.32 Å². The Kier molecular flexibility index (Phi) is 5.14. The molecule has 0 aromatic heterocycles. The highest BCUT2D eigenvalue weighted by molar-refractivity contribution is 5.17. The molecule has 0 amide bonds. The van der Waals surface area contributed by atoms with E-state index in [9.17, 15) is 13.2 Å². The fraction of sp³-hybridized carbons (Fsp3) is 0.333. The van der Waals surface area contributed by atoms with E-state index in [4.69, 9.17) is 0 Å². The van der Waals surface area contributed by atoms with Gasteiger partial charge in [-0.25, -0.2) is 0 Å². The van der Waals surface area contributed by atoms with Gasteiger partial charge in [-0.05, 0) is 14.1 Å². The highest BCUT2D eigenvalue weighted by Crippen LogP contribution is 2.28. The first-order valence-electron chi connectivity index (χ1n) is 3.73. The molecule has 13 heavy (non-hydrogen) atoms. The van der Waals surface area contributed by atoms with Crippen molar-refractivity contribution < 1.29 is 13.2 Å². The topological polar surface area (TPSA) is 12.0 Å². The summed E-state index contributed by atoms with van der Waals surface area (Å²) in [6, 6.07) is 6.36. The minimum atomic E-state index is -4.21. The molecule has 1 N–H and O–H groups in total. The Hall–Kier alpha value is -1.03. The van der Waals surface area contributed by atoms with Crippen molar-refractivity contribution >= 4 is 0 Å². The van der Waals surface area contributed by atoms with E-state index in [0.29, 0.717) is 0 Å². The molecular weight excluding hydrogens is 179 g/mol. The van der Waals surface area contributed by atoms with Gasteiger partial charge in [0.25, 0.3) is 0 Å². The Bertz CT molecular complexity index is 218. The van der Waals surface area contributed by atoms with Crippen LogP contribution in [-0.2, 0) is 6.18 Å². The Morgan fingerprint density at radius 1 is 1.00 bits per heavy atom. The lowest BCUT2D eigenvalue weighted by molar-refractivity contribution is -0.137. The Labute approximate surface area is 75.6 Å². The smallest absolute Gasteiger partial charge is 0.323 e. The van der Waals surface area contributed by atoms with E-state index in [0.717, 1.165) is 12.1 Å². The fourth-order valence-electron chi connectivity index (χ4n) is 0.627. The van der Waals surface area contributed by atoms with Gasteiger partial charge in [0.2, 0.25) is 0 Å². The number of rotatable bonds is 0. The van der Waals surface area contributed by atoms with E-state index < -0.39 is 11.7 Å². The summed E-state index contributed by atoms with van der Waals surface area (Å²) in [7, 11) is 3.75. The van der Waals surface area contributed by atoms with Gasteiger partial charge in [0.15, 0.2) is 0 Å². The van der Waals surface area contributed by atoms with Gasteiger partial charge in [0, 0.05) is 0 Å². The molecule has 74 valence electrons. The minimum absolute atomic E-state index is 0.602. The zero-order valence-corrected chi connectivity index (χ0v) is 7.52. The van der Waals surface area contributed by atoms with Crippen LogP contribution in [0.2, 0.25) is 0 Å². The van der Waals surface area contributed by atoms with Crippen molar-refractivity contribution in [2.75, 3.05) is 14.1 Å². The molecule has 0 radical (unpaired) electrons. The number of benzene rings is 1. The average molecular weight is 191 g/mol. The zero-order chi connectivity index (χ0) is 10.3. The maximum absolute atomic E-state index is 11.8. The standard InChI is InChI=1S/C7H5F3.C2H7N/c8-7(9,10)6-4-2-1-3-5-6;1-3-2/h1-5H;3H,1-2H3. The molecule has 0 aliphatic carbocycles. The Morgan fingerprint density at radius 2 is 1.38 bits per heavy atom. The molecule has 0 heterocycles. The van der Waals surface area contributed by atoms with Crippen molar-refractivity contribution in [3.05, 3.63) is 35.9 Å². The van der Waals surface area contributed by atoms with Gasteiger partial charge in [-0.2, -0.15) is 13.2 Å². The van der Waals surface area contributed by atoms with Crippen LogP contribution in [0.4, 0.5) is 13.2 Å². The summed E-state index contributed by atoms with van der Waals surface area (Å²) < 4.78 is 35.4. The molecule has 1 nitrogen and oxygen atoms in total. The van der Waals surface area contributed by atoms with Crippen LogP contribution >= 0.6 is 0 Å². The van der Waals surface area contributed by atoms with Gasteiger partial charge in [0.05, 0.1) is 5.56 Å². The number of hydrogen-bond acceptors (Lipinski definition) is 1. The monoisotopic (exact) mass is 191 g/mol. The predicted molar refractivity (Wildman–Crippen MR) is 46.4 cm³/mol. The fourth-order valence-corrected chi connectivity index (χ4v) is 0.627. The van der Waals surface area contributed by atoms with E-state index in [-0.39, 0.29) is 0 Å². The largest absolute Gasteiger partial charge is 0.416 e. The third-order valence-electron chi connectivity index (χ3n) is 1.10. The molecule has 1 rings (SSSR count). The molecule has 0 unspecified atom stereocenters.